The number of pyridine rings is 1. The first-order chi connectivity index (χ1) is 10.1. The van der Waals surface area contributed by atoms with Gasteiger partial charge in [0.15, 0.2) is 0 Å². The molecule has 0 saturated carbocycles. The largest absolute Gasteiger partial charge is 0.478 e. The van der Waals surface area contributed by atoms with E-state index >= 15 is 0 Å². The Balaban J connectivity index is 1.89. The van der Waals surface area contributed by atoms with Gasteiger partial charge in [0.1, 0.15) is 0 Å². The van der Waals surface area contributed by atoms with Crippen molar-refractivity contribution in [3.8, 4) is 5.88 Å². The van der Waals surface area contributed by atoms with Crippen LogP contribution in [0.2, 0.25) is 0 Å². The van der Waals surface area contributed by atoms with Crippen LogP contribution < -0.4 is 4.74 Å². The number of carbonyl (C=O) groups is 1. The van der Waals surface area contributed by atoms with Crippen LogP contribution in [0.5, 0.6) is 5.88 Å². The summed E-state index contributed by atoms with van der Waals surface area (Å²) in [6, 6.07) is 3.48. The monoisotopic (exact) mass is 293 g/mol. The molecule has 0 aromatic carbocycles. The van der Waals surface area contributed by atoms with Crippen molar-refractivity contribution in [3.63, 3.8) is 0 Å². The van der Waals surface area contributed by atoms with Gasteiger partial charge in [-0.15, -0.1) is 0 Å². The van der Waals surface area contributed by atoms with E-state index in [2.05, 4.69) is 9.88 Å². The number of aliphatic hydroxyl groups excluding tert-OH is 1. The number of aliphatic hydroxyl groups is 1. The summed E-state index contributed by atoms with van der Waals surface area (Å²) < 4.78 is 5.27. The van der Waals surface area contributed by atoms with Gasteiger partial charge in [0, 0.05) is 45.0 Å². The molecule has 6 heteroatoms. The normalized spacial score (nSPS) is 17.6. The summed E-state index contributed by atoms with van der Waals surface area (Å²) in [4.78, 5) is 20.5. The second-order valence-electron chi connectivity index (χ2n) is 5.26. The minimum Gasteiger partial charge on any atom is -0.478 e. The van der Waals surface area contributed by atoms with Gasteiger partial charge < -0.3 is 14.7 Å². The third-order valence-electron chi connectivity index (χ3n) is 3.46. The van der Waals surface area contributed by atoms with Gasteiger partial charge in [0.2, 0.25) is 5.88 Å². The Morgan fingerprint density at radius 1 is 1.38 bits per heavy atom. The molecule has 1 N–H and O–H groups in total. The van der Waals surface area contributed by atoms with Crippen molar-refractivity contribution >= 4 is 5.91 Å². The van der Waals surface area contributed by atoms with Crippen LogP contribution in [-0.2, 0) is 0 Å². The predicted octanol–water partition coefficient (Wildman–Crippen LogP) is 0.619. The lowest BCUT2D eigenvalue weighted by molar-refractivity contribution is 0.0553. The van der Waals surface area contributed by atoms with E-state index in [1.165, 1.54) is 0 Å². The van der Waals surface area contributed by atoms with Gasteiger partial charge in [0.05, 0.1) is 18.3 Å². The number of carbonyl (C=O) groups excluding carboxylic acids is 1. The van der Waals surface area contributed by atoms with Crippen LogP contribution in [0, 0.1) is 0 Å². The van der Waals surface area contributed by atoms with E-state index < -0.39 is 0 Å². The SMILES string of the molecule is CCOc1ccc(C(=O)N2CCN(C[C@@H](C)O)CC2)cn1. The molecule has 0 radical (unpaired) electrons. The highest BCUT2D eigenvalue weighted by Gasteiger charge is 2.22. The Hall–Kier alpha value is -1.66. The summed E-state index contributed by atoms with van der Waals surface area (Å²) in [6.07, 6.45) is 1.23. The summed E-state index contributed by atoms with van der Waals surface area (Å²) in [5, 5.41) is 9.39. The van der Waals surface area contributed by atoms with E-state index in [1.807, 2.05) is 11.8 Å². The molecule has 1 aromatic rings. The van der Waals surface area contributed by atoms with Crippen molar-refractivity contribution < 1.29 is 14.6 Å². The second kappa shape index (κ2) is 7.38. The van der Waals surface area contributed by atoms with Gasteiger partial charge in [-0.25, -0.2) is 4.98 Å². The number of nitrogens with zero attached hydrogens (tertiary/aromatic N) is 3. The number of piperazine rings is 1. The number of β-amino-alcohol motifs (C(OH)–C–C–N with tert-alkyl or cyclic N) is 1. The fourth-order valence-corrected chi connectivity index (χ4v) is 2.43. The molecule has 0 unspecified atom stereocenters. The highest BCUT2D eigenvalue weighted by Crippen LogP contribution is 2.12. The van der Waals surface area contributed by atoms with Gasteiger partial charge in [-0.3, -0.25) is 9.69 Å². The molecule has 0 aliphatic carbocycles. The molecule has 1 aliphatic heterocycles. The maximum atomic E-state index is 12.4. The van der Waals surface area contributed by atoms with Crippen molar-refractivity contribution in [1.29, 1.82) is 0 Å². The topological polar surface area (TPSA) is 65.9 Å². The Morgan fingerprint density at radius 2 is 2.10 bits per heavy atom. The molecule has 1 aromatic heterocycles. The maximum absolute atomic E-state index is 12.4. The molecule has 1 atom stereocenters. The molecule has 0 bridgehead atoms. The Morgan fingerprint density at radius 3 is 2.62 bits per heavy atom. The fraction of sp³-hybridized carbons (Fsp3) is 0.600. The van der Waals surface area contributed by atoms with Crippen molar-refractivity contribution in [1.82, 2.24) is 14.8 Å². The van der Waals surface area contributed by atoms with Crippen LogP contribution in [0.1, 0.15) is 24.2 Å². The molecule has 2 rings (SSSR count). The highest BCUT2D eigenvalue weighted by atomic mass is 16.5. The molecular formula is C15H23N3O3. The molecule has 1 fully saturated rings. The lowest BCUT2D eigenvalue weighted by atomic mass is 10.2. The summed E-state index contributed by atoms with van der Waals surface area (Å²) in [7, 11) is 0. The summed E-state index contributed by atoms with van der Waals surface area (Å²) in [5.41, 5.74) is 0.586. The predicted molar refractivity (Wildman–Crippen MR) is 79.4 cm³/mol. The average molecular weight is 293 g/mol. The summed E-state index contributed by atoms with van der Waals surface area (Å²) in [6.45, 7) is 7.84. The Kier molecular flexibility index (Phi) is 5.52. The quantitative estimate of drug-likeness (QED) is 0.862. The van der Waals surface area contributed by atoms with E-state index in [4.69, 9.17) is 4.74 Å². The van der Waals surface area contributed by atoms with Gasteiger partial charge in [-0.2, -0.15) is 0 Å². The molecular weight excluding hydrogens is 270 g/mol. The summed E-state index contributed by atoms with van der Waals surface area (Å²) in [5.74, 6) is 0.540. The summed E-state index contributed by atoms with van der Waals surface area (Å²) >= 11 is 0. The molecule has 0 spiro atoms. The van der Waals surface area contributed by atoms with E-state index in [1.54, 1.807) is 25.3 Å². The number of hydrogen-bond donors (Lipinski definition) is 1. The highest BCUT2D eigenvalue weighted by molar-refractivity contribution is 5.94. The van der Waals surface area contributed by atoms with Gasteiger partial charge in [-0.05, 0) is 19.9 Å². The zero-order valence-corrected chi connectivity index (χ0v) is 12.7. The van der Waals surface area contributed by atoms with Crippen LogP contribution in [0.3, 0.4) is 0 Å². The molecule has 116 valence electrons. The zero-order valence-electron chi connectivity index (χ0n) is 12.7. The lowest BCUT2D eigenvalue weighted by Gasteiger charge is -2.35. The van der Waals surface area contributed by atoms with Crippen molar-refractivity contribution in [2.75, 3.05) is 39.3 Å². The van der Waals surface area contributed by atoms with E-state index in [0.717, 1.165) is 13.1 Å². The van der Waals surface area contributed by atoms with Crippen molar-refractivity contribution in [3.05, 3.63) is 23.9 Å². The van der Waals surface area contributed by atoms with Crippen LogP contribution in [0.4, 0.5) is 0 Å². The van der Waals surface area contributed by atoms with Crippen LogP contribution >= 0.6 is 0 Å². The number of ether oxygens (including phenoxy) is 1. The van der Waals surface area contributed by atoms with Gasteiger partial charge in [-0.1, -0.05) is 0 Å². The Bertz CT molecular complexity index is 454. The standard InChI is InChI=1S/C15H23N3O3/c1-3-21-14-5-4-13(10-16-14)15(20)18-8-6-17(7-9-18)11-12(2)19/h4-5,10,12,19H,3,6-9,11H2,1-2H3/t12-/m1/s1. The molecule has 2 heterocycles. The molecule has 1 amide bonds. The number of amides is 1. The van der Waals surface area contributed by atoms with E-state index in [0.29, 0.717) is 37.7 Å². The molecule has 6 nitrogen and oxygen atoms in total. The first-order valence-electron chi connectivity index (χ1n) is 7.38. The van der Waals surface area contributed by atoms with Crippen LogP contribution in [-0.4, -0.2) is 71.2 Å². The third kappa shape index (κ3) is 4.41. The first-order valence-corrected chi connectivity index (χ1v) is 7.38. The number of aromatic nitrogens is 1. The first kappa shape index (κ1) is 15.7. The maximum Gasteiger partial charge on any atom is 0.255 e. The van der Waals surface area contributed by atoms with Crippen molar-refractivity contribution in [2.45, 2.75) is 20.0 Å². The zero-order chi connectivity index (χ0) is 15.2. The lowest BCUT2D eigenvalue weighted by Crippen LogP contribution is -2.50. The minimum absolute atomic E-state index is 0.00208. The second-order valence-corrected chi connectivity index (χ2v) is 5.26. The minimum atomic E-state index is -0.331. The van der Waals surface area contributed by atoms with Crippen LogP contribution in [0.15, 0.2) is 18.3 Å². The van der Waals surface area contributed by atoms with E-state index in [9.17, 15) is 9.90 Å². The number of rotatable bonds is 5. The van der Waals surface area contributed by atoms with Crippen molar-refractivity contribution in [2.24, 2.45) is 0 Å². The number of hydrogen-bond acceptors (Lipinski definition) is 5. The third-order valence-corrected chi connectivity index (χ3v) is 3.46. The molecule has 21 heavy (non-hydrogen) atoms. The molecule has 1 saturated heterocycles. The average Bonchev–Trinajstić information content (AvgIpc) is 2.48. The Labute approximate surface area is 125 Å². The van der Waals surface area contributed by atoms with Gasteiger partial charge >= 0.3 is 0 Å². The van der Waals surface area contributed by atoms with E-state index in [-0.39, 0.29) is 12.0 Å². The molecule has 1 aliphatic rings. The smallest absolute Gasteiger partial charge is 0.255 e. The fourth-order valence-electron chi connectivity index (χ4n) is 2.43. The van der Waals surface area contributed by atoms with Crippen LogP contribution in [0.25, 0.3) is 0 Å². The van der Waals surface area contributed by atoms with Gasteiger partial charge in [0.25, 0.3) is 5.91 Å².